The molecule has 1 rings (SSSR count). The van der Waals surface area contributed by atoms with Gasteiger partial charge < -0.3 is 5.11 Å². The van der Waals surface area contributed by atoms with Crippen molar-refractivity contribution in [3.63, 3.8) is 0 Å². The van der Waals surface area contributed by atoms with Crippen LogP contribution in [0.4, 0.5) is 0 Å². The standard InChI is InChI=1S/C12H25NO3S/c1-3-10(4-2)9-17(15,16)13-11-5-7-12(14)8-6-11/h10-14H,3-9H2,1-2H3. The lowest BCUT2D eigenvalue weighted by Crippen LogP contribution is -2.40. The highest BCUT2D eigenvalue weighted by Crippen LogP contribution is 2.19. The highest BCUT2D eigenvalue weighted by Gasteiger charge is 2.24. The molecule has 0 saturated heterocycles. The van der Waals surface area contributed by atoms with Gasteiger partial charge in [-0.05, 0) is 31.6 Å². The van der Waals surface area contributed by atoms with E-state index < -0.39 is 10.0 Å². The van der Waals surface area contributed by atoms with Crippen LogP contribution in [-0.2, 0) is 10.0 Å². The Morgan fingerprint density at radius 2 is 1.71 bits per heavy atom. The van der Waals surface area contributed by atoms with Crippen molar-refractivity contribution in [2.24, 2.45) is 5.92 Å². The summed E-state index contributed by atoms with van der Waals surface area (Å²) in [4.78, 5) is 0. The van der Waals surface area contributed by atoms with E-state index >= 15 is 0 Å². The first kappa shape index (κ1) is 14.9. The SMILES string of the molecule is CCC(CC)CS(=O)(=O)NC1CCC(O)CC1. The summed E-state index contributed by atoms with van der Waals surface area (Å²) in [5, 5.41) is 9.37. The fourth-order valence-electron chi connectivity index (χ4n) is 2.33. The monoisotopic (exact) mass is 263 g/mol. The lowest BCUT2D eigenvalue weighted by molar-refractivity contribution is 0.120. The van der Waals surface area contributed by atoms with Gasteiger partial charge in [-0.1, -0.05) is 26.7 Å². The van der Waals surface area contributed by atoms with Crippen LogP contribution < -0.4 is 4.72 Å². The van der Waals surface area contributed by atoms with E-state index in [0.29, 0.717) is 12.8 Å². The molecule has 5 heteroatoms. The van der Waals surface area contributed by atoms with Crippen molar-refractivity contribution in [3.05, 3.63) is 0 Å². The Morgan fingerprint density at radius 3 is 2.18 bits per heavy atom. The van der Waals surface area contributed by atoms with Gasteiger partial charge in [0.1, 0.15) is 0 Å². The Hall–Kier alpha value is -0.130. The maximum absolute atomic E-state index is 11.9. The molecular formula is C12H25NO3S. The zero-order valence-electron chi connectivity index (χ0n) is 10.9. The Morgan fingerprint density at radius 1 is 1.18 bits per heavy atom. The second-order valence-corrected chi connectivity index (χ2v) is 6.89. The highest BCUT2D eigenvalue weighted by molar-refractivity contribution is 7.89. The second kappa shape index (κ2) is 6.71. The molecule has 0 heterocycles. The maximum Gasteiger partial charge on any atom is 0.212 e. The quantitative estimate of drug-likeness (QED) is 0.765. The van der Waals surface area contributed by atoms with Crippen LogP contribution in [0.25, 0.3) is 0 Å². The van der Waals surface area contributed by atoms with Crippen LogP contribution in [0.15, 0.2) is 0 Å². The number of rotatable bonds is 6. The number of aliphatic hydroxyl groups is 1. The summed E-state index contributed by atoms with van der Waals surface area (Å²) in [6.45, 7) is 4.06. The van der Waals surface area contributed by atoms with Crippen molar-refractivity contribution >= 4 is 10.0 Å². The predicted molar refractivity (Wildman–Crippen MR) is 69.3 cm³/mol. The average molecular weight is 263 g/mol. The molecule has 102 valence electrons. The first-order valence-corrected chi connectivity index (χ1v) is 8.30. The minimum absolute atomic E-state index is 0.0257. The summed E-state index contributed by atoms with van der Waals surface area (Å²) in [7, 11) is -3.15. The molecule has 0 radical (unpaired) electrons. The molecule has 1 fully saturated rings. The van der Waals surface area contributed by atoms with E-state index in [1.165, 1.54) is 0 Å². The van der Waals surface area contributed by atoms with Crippen molar-refractivity contribution < 1.29 is 13.5 Å². The minimum Gasteiger partial charge on any atom is -0.393 e. The van der Waals surface area contributed by atoms with Crippen molar-refractivity contribution in [2.45, 2.75) is 64.5 Å². The van der Waals surface area contributed by atoms with Crippen molar-refractivity contribution in [3.8, 4) is 0 Å². The van der Waals surface area contributed by atoms with E-state index in [9.17, 15) is 13.5 Å². The van der Waals surface area contributed by atoms with Crippen LogP contribution in [0.2, 0.25) is 0 Å². The first-order valence-electron chi connectivity index (χ1n) is 6.64. The molecule has 0 spiro atoms. The number of nitrogens with one attached hydrogen (secondary N) is 1. The van der Waals surface area contributed by atoms with Gasteiger partial charge in [0.25, 0.3) is 0 Å². The molecule has 17 heavy (non-hydrogen) atoms. The molecule has 0 aliphatic heterocycles. The van der Waals surface area contributed by atoms with Crippen molar-refractivity contribution in [1.29, 1.82) is 0 Å². The molecular weight excluding hydrogens is 238 g/mol. The smallest absolute Gasteiger partial charge is 0.212 e. The molecule has 0 atom stereocenters. The van der Waals surface area contributed by atoms with Crippen LogP contribution >= 0.6 is 0 Å². The average Bonchev–Trinajstić information content (AvgIpc) is 2.29. The summed E-state index contributed by atoms with van der Waals surface area (Å²) in [5.41, 5.74) is 0. The molecule has 0 bridgehead atoms. The third-order valence-electron chi connectivity index (χ3n) is 3.65. The van der Waals surface area contributed by atoms with E-state index in [1.54, 1.807) is 0 Å². The third-order valence-corrected chi connectivity index (χ3v) is 5.26. The predicted octanol–water partition coefficient (Wildman–Crippen LogP) is 1.65. The molecule has 0 aromatic carbocycles. The van der Waals surface area contributed by atoms with Gasteiger partial charge in [0, 0.05) is 6.04 Å². The van der Waals surface area contributed by atoms with E-state index in [1.807, 2.05) is 13.8 Å². The molecule has 0 amide bonds. The Balaban J connectivity index is 2.43. The normalized spacial score (nSPS) is 26.4. The minimum atomic E-state index is -3.15. The van der Waals surface area contributed by atoms with Crippen LogP contribution in [0.5, 0.6) is 0 Å². The number of hydrogen-bond donors (Lipinski definition) is 2. The van der Waals surface area contributed by atoms with Crippen LogP contribution in [0.3, 0.4) is 0 Å². The van der Waals surface area contributed by atoms with Crippen molar-refractivity contribution in [1.82, 2.24) is 4.72 Å². The van der Waals surface area contributed by atoms with Gasteiger partial charge in [-0.3, -0.25) is 0 Å². The summed E-state index contributed by atoms with van der Waals surface area (Å²) < 4.78 is 26.6. The highest BCUT2D eigenvalue weighted by atomic mass is 32.2. The first-order chi connectivity index (χ1) is 7.96. The maximum atomic E-state index is 11.9. The largest absolute Gasteiger partial charge is 0.393 e. The van der Waals surface area contributed by atoms with E-state index in [0.717, 1.165) is 25.7 Å². The van der Waals surface area contributed by atoms with Gasteiger partial charge in [-0.15, -0.1) is 0 Å². The van der Waals surface area contributed by atoms with Crippen LogP contribution in [0, 0.1) is 5.92 Å². The Labute approximate surface area is 105 Å². The van der Waals surface area contributed by atoms with Gasteiger partial charge in [-0.25, -0.2) is 13.1 Å². The molecule has 4 nitrogen and oxygen atoms in total. The van der Waals surface area contributed by atoms with E-state index in [-0.39, 0.29) is 23.8 Å². The topological polar surface area (TPSA) is 66.4 Å². The van der Waals surface area contributed by atoms with E-state index in [4.69, 9.17) is 0 Å². The fraction of sp³-hybridized carbons (Fsp3) is 1.00. The number of hydrogen-bond acceptors (Lipinski definition) is 3. The Bertz CT molecular complexity index is 304. The van der Waals surface area contributed by atoms with Crippen molar-refractivity contribution in [2.75, 3.05) is 5.75 Å². The summed E-state index contributed by atoms with van der Waals surface area (Å²) in [5.74, 6) is 0.487. The van der Waals surface area contributed by atoms with Gasteiger partial charge in [-0.2, -0.15) is 0 Å². The molecule has 0 aromatic heterocycles. The summed E-state index contributed by atoms with van der Waals surface area (Å²) >= 11 is 0. The van der Waals surface area contributed by atoms with E-state index in [2.05, 4.69) is 4.72 Å². The molecule has 1 aliphatic rings. The zero-order chi connectivity index (χ0) is 12.9. The number of aliphatic hydroxyl groups excluding tert-OH is 1. The van der Waals surface area contributed by atoms with Gasteiger partial charge in [0.05, 0.1) is 11.9 Å². The second-order valence-electron chi connectivity index (χ2n) is 5.09. The Kier molecular flexibility index (Phi) is 5.89. The fourth-order valence-corrected chi connectivity index (χ4v) is 4.26. The molecule has 2 N–H and O–H groups in total. The summed E-state index contributed by atoms with van der Waals surface area (Å²) in [6, 6.07) is 0.0257. The third kappa shape index (κ3) is 5.36. The van der Waals surface area contributed by atoms with Crippen LogP contribution in [0.1, 0.15) is 52.4 Å². The van der Waals surface area contributed by atoms with Gasteiger partial charge in [0.2, 0.25) is 10.0 Å². The number of sulfonamides is 1. The van der Waals surface area contributed by atoms with Gasteiger partial charge in [0.15, 0.2) is 0 Å². The lowest BCUT2D eigenvalue weighted by Gasteiger charge is -2.26. The lowest BCUT2D eigenvalue weighted by atomic mass is 9.94. The molecule has 1 aliphatic carbocycles. The molecule has 1 saturated carbocycles. The zero-order valence-corrected chi connectivity index (χ0v) is 11.7. The van der Waals surface area contributed by atoms with Crippen LogP contribution in [-0.4, -0.2) is 31.4 Å². The molecule has 0 unspecified atom stereocenters. The molecule has 0 aromatic rings. The summed E-state index contributed by atoms with van der Waals surface area (Å²) in [6.07, 6.45) is 4.49. The van der Waals surface area contributed by atoms with Gasteiger partial charge >= 0.3 is 0 Å².